The van der Waals surface area contributed by atoms with E-state index >= 15 is 0 Å². The molecule has 0 radical (unpaired) electrons. The second kappa shape index (κ2) is 6.37. The molecule has 0 aromatic heterocycles. The molecule has 0 bridgehead atoms. The third kappa shape index (κ3) is 5.53. The molecule has 0 unspecified atom stereocenters. The van der Waals surface area contributed by atoms with E-state index in [4.69, 9.17) is 5.11 Å². The zero-order valence-electron chi connectivity index (χ0n) is 8.83. The van der Waals surface area contributed by atoms with Crippen LogP contribution in [0.15, 0.2) is 0 Å². The highest BCUT2D eigenvalue weighted by Crippen LogP contribution is 1.89. The lowest BCUT2D eigenvalue weighted by Crippen LogP contribution is -2.48. The number of hydrogen-bond donors (Lipinski definition) is 3. The Balaban J connectivity index is 3.98. The first-order chi connectivity index (χ1) is 6.47. The molecule has 0 saturated carbocycles. The van der Waals surface area contributed by atoms with Crippen molar-refractivity contribution in [2.45, 2.75) is 26.8 Å². The summed E-state index contributed by atoms with van der Waals surface area (Å²) in [7, 11) is 0. The van der Waals surface area contributed by atoms with Crippen LogP contribution in [-0.4, -0.2) is 36.1 Å². The first-order valence-corrected chi connectivity index (χ1v) is 4.63. The molecule has 0 aliphatic heterocycles. The smallest absolute Gasteiger partial charge is 0.244 e. The molecule has 0 saturated heterocycles. The van der Waals surface area contributed by atoms with Crippen molar-refractivity contribution in [3.8, 4) is 0 Å². The van der Waals surface area contributed by atoms with Gasteiger partial charge in [-0.3, -0.25) is 9.59 Å². The zero-order chi connectivity index (χ0) is 11.1. The van der Waals surface area contributed by atoms with Crippen LogP contribution in [0.4, 0.5) is 0 Å². The molecule has 1 atom stereocenters. The summed E-state index contributed by atoms with van der Waals surface area (Å²) in [4.78, 5) is 22.0. The molecule has 5 nitrogen and oxygen atoms in total. The molecular formula is C9H18N2O3. The van der Waals surface area contributed by atoms with Gasteiger partial charge in [-0.05, 0) is 5.92 Å². The van der Waals surface area contributed by atoms with Crippen LogP contribution in [0.2, 0.25) is 0 Å². The largest absolute Gasteiger partial charge is 0.394 e. The lowest BCUT2D eigenvalue weighted by atomic mass is 10.2. The Hall–Kier alpha value is -1.10. The van der Waals surface area contributed by atoms with Gasteiger partial charge in [0, 0.05) is 13.5 Å². The zero-order valence-corrected chi connectivity index (χ0v) is 8.83. The highest BCUT2D eigenvalue weighted by atomic mass is 16.3. The van der Waals surface area contributed by atoms with Crippen molar-refractivity contribution >= 4 is 11.8 Å². The summed E-state index contributed by atoms with van der Waals surface area (Å²) >= 11 is 0. The summed E-state index contributed by atoms with van der Waals surface area (Å²) in [6, 6.07) is -0.841. The minimum atomic E-state index is -0.841. The first kappa shape index (κ1) is 12.9. The number of carbonyl (C=O) groups excluding carboxylic acids is 2. The molecule has 0 aliphatic rings. The van der Waals surface area contributed by atoms with Crippen LogP contribution in [-0.2, 0) is 9.59 Å². The Bertz CT molecular complexity index is 204. The molecule has 3 N–H and O–H groups in total. The quantitative estimate of drug-likeness (QED) is 0.549. The Morgan fingerprint density at radius 3 is 2.29 bits per heavy atom. The second-order valence-electron chi connectivity index (χ2n) is 3.57. The standard InChI is InChI=1S/C9H18N2O3/c1-6(2)4-10-9(14)8(5-12)11-7(3)13/h6,8,12H,4-5H2,1-3H3,(H,10,14)(H,11,13)/t8-/m1/s1. The fourth-order valence-corrected chi connectivity index (χ4v) is 0.867. The lowest BCUT2D eigenvalue weighted by Gasteiger charge is -2.15. The Morgan fingerprint density at radius 2 is 1.93 bits per heavy atom. The van der Waals surface area contributed by atoms with Crippen molar-refractivity contribution < 1.29 is 14.7 Å². The van der Waals surface area contributed by atoms with Crippen molar-refractivity contribution in [2.24, 2.45) is 5.92 Å². The summed E-state index contributed by atoms with van der Waals surface area (Å²) in [6.07, 6.45) is 0. The van der Waals surface area contributed by atoms with Crippen LogP contribution in [0.25, 0.3) is 0 Å². The fourth-order valence-electron chi connectivity index (χ4n) is 0.867. The van der Waals surface area contributed by atoms with Gasteiger partial charge < -0.3 is 15.7 Å². The van der Waals surface area contributed by atoms with E-state index in [0.29, 0.717) is 12.5 Å². The summed E-state index contributed by atoms with van der Waals surface area (Å²) in [5.74, 6) is -0.337. The van der Waals surface area contributed by atoms with Crippen molar-refractivity contribution in [3.05, 3.63) is 0 Å². The summed E-state index contributed by atoms with van der Waals surface area (Å²) in [6.45, 7) is 5.39. The molecule has 2 amide bonds. The number of aliphatic hydroxyl groups excluding tert-OH is 1. The average Bonchev–Trinajstić information content (AvgIpc) is 2.09. The van der Waals surface area contributed by atoms with Gasteiger partial charge in [0.2, 0.25) is 11.8 Å². The van der Waals surface area contributed by atoms with Gasteiger partial charge in [0.05, 0.1) is 6.61 Å². The van der Waals surface area contributed by atoms with Crippen LogP contribution in [0, 0.1) is 5.92 Å². The van der Waals surface area contributed by atoms with Gasteiger partial charge in [-0.25, -0.2) is 0 Å². The Labute approximate surface area is 83.9 Å². The van der Waals surface area contributed by atoms with Gasteiger partial charge in [0.1, 0.15) is 6.04 Å². The molecule has 0 spiro atoms. The number of nitrogens with one attached hydrogen (secondary N) is 2. The van der Waals surface area contributed by atoms with E-state index in [-0.39, 0.29) is 18.4 Å². The Morgan fingerprint density at radius 1 is 1.36 bits per heavy atom. The molecular weight excluding hydrogens is 184 g/mol. The predicted molar refractivity (Wildman–Crippen MR) is 52.5 cm³/mol. The van der Waals surface area contributed by atoms with Crippen LogP contribution in [0.5, 0.6) is 0 Å². The van der Waals surface area contributed by atoms with Crippen molar-refractivity contribution in [3.63, 3.8) is 0 Å². The van der Waals surface area contributed by atoms with Gasteiger partial charge in [-0.2, -0.15) is 0 Å². The molecule has 14 heavy (non-hydrogen) atoms. The minimum absolute atomic E-state index is 0.330. The predicted octanol–water partition coefficient (Wildman–Crippen LogP) is -0.744. The lowest BCUT2D eigenvalue weighted by molar-refractivity contribution is -0.129. The molecule has 0 fully saturated rings. The molecule has 0 aliphatic carbocycles. The SMILES string of the molecule is CC(=O)N[C@H](CO)C(=O)NCC(C)C. The van der Waals surface area contributed by atoms with Gasteiger partial charge in [-0.15, -0.1) is 0 Å². The molecule has 5 heteroatoms. The number of hydrogen-bond acceptors (Lipinski definition) is 3. The topological polar surface area (TPSA) is 78.4 Å². The van der Waals surface area contributed by atoms with E-state index in [1.54, 1.807) is 0 Å². The minimum Gasteiger partial charge on any atom is -0.394 e. The van der Waals surface area contributed by atoms with E-state index in [9.17, 15) is 9.59 Å². The van der Waals surface area contributed by atoms with Gasteiger partial charge in [-0.1, -0.05) is 13.8 Å². The van der Waals surface area contributed by atoms with Crippen LogP contribution in [0.1, 0.15) is 20.8 Å². The molecule has 0 aromatic carbocycles. The van der Waals surface area contributed by atoms with E-state index in [2.05, 4.69) is 10.6 Å². The van der Waals surface area contributed by atoms with Crippen LogP contribution >= 0.6 is 0 Å². The van der Waals surface area contributed by atoms with Crippen LogP contribution in [0.3, 0.4) is 0 Å². The molecule has 0 rings (SSSR count). The van der Waals surface area contributed by atoms with E-state index in [0.717, 1.165) is 0 Å². The first-order valence-electron chi connectivity index (χ1n) is 4.63. The van der Waals surface area contributed by atoms with Gasteiger partial charge in [0.25, 0.3) is 0 Å². The normalized spacial score (nSPS) is 12.4. The third-order valence-corrected chi connectivity index (χ3v) is 1.56. The Kier molecular flexibility index (Phi) is 5.87. The maximum absolute atomic E-state index is 11.3. The molecule has 0 heterocycles. The van der Waals surface area contributed by atoms with Crippen molar-refractivity contribution in [2.75, 3.05) is 13.2 Å². The maximum atomic E-state index is 11.3. The second-order valence-corrected chi connectivity index (χ2v) is 3.57. The average molecular weight is 202 g/mol. The van der Waals surface area contributed by atoms with Crippen molar-refractivity contribution in [1.29, 1.82) is 0 Å². The summed E-state index contributed by atoms with van der Waals surface area (Å²) in [5, 5.41) is 13.8. The third-order valence-electron chi connectivity index (χ3n) is 1.56. The molecule has 0 aromatic rings. The fraction of sp³-hybridized carbons (Fsp3) is 0.778. The monoisotopic (exact) mass is 202 g/mol. The number of aliphatic hydroxyl groups is 1. The van der Waals surface area contributed by atoms with E-state index < -0.39 is 6.04 Å². The van der Waals surface area contributed by atoms with Crippen molar-refractivity contribution in [1.82, 2.24) is 10.6 Å². The van der Waals surface area contributed by atoms with Crippen LogP contribution < -0.4 is 10.6 Å². The van der Waals surface area contributed by atoms with Gasteiger partial charge >= 0.3 is 0 Å². The summed E-state index contributed by atoms with van der Waals surface area (Å²) in [5.41, 5.74) is 0. The number of carbonyl (C=O) groups is 2. The van der Waals surface area contributed by atoms with E-state index in [1.165, 1.54) is 6.92 Å². The molecule has 82 valence electrons. The maximum Gasteiger partial charge on any atom is 0.244 e. The highest BCUT2D eigenvalue weighted by Gasteiger charge is 2.17. The highest BCUT2D eigenvalue weighted by molar-refractivity contribution is 5.86. The van der Waals surface area contributed by atoms with E-state index in [1.807, 2.05) is 13.8 Å². The summed E-state index contributed by atoms with van der Waals surface area (Å²) < 4.78 is 0. The number of amides is 2. The van der Waals surface area contributed by atoms with Gasteiger partial charge in [0.15, 0.2) is 0 Å². The number of rotatable bonds is 5.